The van der Waals surface area contributed by atoms with Crippen LogP contribution in [0.15, 0.2) is 36.4 Å². The lowest BCUT2D eigenvalue weighted by atomic mass is 10.0. The molecule has 0 fully saturated rings. The van der Waals surface area contributed by atoms with Gasteiger partial charge in [0.05, 0.1) is 10.2 Å². The van der Waals surface area contributed by atoms with Gasteiger partial charge in [-0.1, -0.05) is 37.3 Å². The monoisotopic (exact) mass is 358 g/mol. The van der Waals surface area contributed by atoms with Crippen LogP contribution in [0.1, 0.15) is 30.9 Å². The fourth-order valence-corrected chi connectivity index (χ4v) is 3.40. The number of carbonyl (C=O) groups is 1. The summed E-state index contributed by atoms with van der Waals surface area (Å²) in [7, 11) is 0. The summed E-state index contributed by atoms with van der Waals surface area (Å²) in [6.45, 7) is 6.04. The molecule has 130 valence electrons. The van der Waals surface area contributed by atoms with E-state index >= 15 is 0 Å². The van der Waals surface area contributed by atoms with Crippen LogP contribution in [0.25, 0.3) is 10.2 Å². The summed E-state index contributed by atoms with van der Waals surface area (Å²) in [5, 5.41) is 3.14. The van der Waals surface area contributed by atoms with Crippen LogP contribution in [0, 0.1) is 12.7 Å². The van der Waals surface area contributed by atoms with E-state index in [0.29, 0.717) is 21.3 Å². The first-order chi connectivity index (χ1) is 11.9. The van der Waals surface area contributed by atoms with Gasteiger partial charge in [-0.3, -0.25) is 10.1 Å². The van der Waals surface area contributed by atoms with E-state index in [0.717, 1.165) is 16.9 Å². The van der Waals surface area contributed by atoms with Gasteiger partial charge in [0.15, 0.2) is 11.7 Å². The molecule has 1 aromatic heterocycles. The molecule has 0 saturated heterocycles. The molecule has 0 aliphatic carbocycles. The highest BCUT2D eigenvalue weighted by Gasteiger charge is 2.12. The normalized spacial score (nSPS) is 11.1. The molecule has 2 aromatic carbocycles. The molecular weight excluding hydrogens is 339 g/mol. The molecule has 0 aliphatic rings. The molecule has 0 radical (unpaired) electrons. The third-order valence-corrected chi connectivity index (χ3v) is 4.68. The second kappa shape index (κ2) is 7.19. The predicted octanol–water partition coefficient (Wildman–Crippen LogP) is 4.88. The van der Waals surface area contributed by atoms with Gasteiger partial charge >= 0.3 is 0 Å². The van der Waals surface area contributed by atoms with Gasteiger partial charge in [0.25, 0.3) is 5.91 Å². The van der Waals surface area contributed by atoms with Crippen LogP contribution in [0.2, 0.25) is 0 Å². The van der Waals surface area contributed by atoms with Gasteiger partial charge in [-0.15, -0.1) is 0 Å². The van der Waals surface area contributed by atoms with Crippen LogP contribution in [0.5, 0.6) is 5.75 Å². The Balaban J connectivity index is 1.67. The smallest absolute Gasteiger partial charge is 0.264 e. The third-order valence-electron chi connectivity index (χ3n) is 3.75. The van der Waals surface area contributed by atoms with Crippen LogP contribution < -0.4 is 10.1 Å². The highest BCUT2D eigenvalue weighted by Crippen LogP contribution is 2.28. The highest BCUT2D eigenvalue weighted by molar-refractivity contribution is 7.22. The highest BCUT2D eigenvalue weighted by atomic mass is 32.1. The number of ether oxygens (including phenoxy) is 1. The minimum atomic E-state index is -0.321. The maximum Gasteiger partial charge on any atom is 0.264 e. The summed E-state index contributed by atoms with van der Waals surface area (Å²) in [6, 6.07) is 10.3. The van der Waals surface area contributed by atoms with E-state index in [1.54, 1.807) is 6.07 Å². The molecule has 25 heavy (non-hydrogen) atoms. The number of nitrogens with zero attached hydrogens (tertiary/aromatic N) is 1. The van der Waals surface area contributed by atoms with Crippen LogP contribution in [0.3, 0.4) is 0 Å². The fourth-order valence-electron chi connectivity index (χ4n) is 2.49. The number of fused-ring (bicyclic) bond motifs is 1. The quantitative estimate of drug-likeness (QED) is 0.707. The number of aromatic nitrogens is 1. The molecule has 3 rings (SSSR count). The van der Waals surface area contributed by atoms with Crippen molar-refractivity contribution in [1.82, 2.24) is 4.98 Å². The minimum Gasteiger partial charge on any atom is -0.483 e. The van der Waals surface area contributed by atoms with E-state index in [-0.39, 0.29) is 18.3 Å². The minimum absolute atomic E-state index is 0.104. The fraction of sp³-hybridized carbons (Fsp3) is 0.263. The summed E-state index contributed by atoms with van der Waals surface area (Å²) in [5.41, 5.74) is 2.80. The molecule has 6 heteroatoms. The zero-order valence-corrected chi connectivity index (χ0v) is 15.1. The predicted molar refractivity (Wildman–Crippen MR) is 99.0 cm³/mol. The van der Waals surface area contributed by atoms with E-state index in [1.807, 2.05) is 25.1 Å². The van der Waals surface area contributed by atoms with Crippen molar-refractivity contribution in [1.29, 1.82) is 0 Å². The summed E-state index contributed by atoms with van der Waals surface area (Å²) < 4.78 is 19.6. The molecule has 1 heterocycles. The lowest BCUT2D eigenvalue weighted by molar-refractivity contribution is -0.118. The Hall–Kier alpha value is -2.47. The van der Waals surface area contributed by atoms with Gasteiger partial charge in [-0.25, -0.2) is 9.37 Å². The average Bonchev–Trinajstić information content (AvgIpc) is 2.93. The first-order valence-electron chi connectivity index (χ1n) is 8.01. The van der Waals surface area contributed by atoms with Gasteiger partial charge < -0.3 is 4.74 Å². The molecule has 3 aromatic rings. The van der Waals surface area contributed by atoms with Gasteiger partial charge in [-0.2, -0.15) is 0 Å². The van der Waals surface area contributed by atoms with Gasteiger partial charge in [-0.05, 0) is 48.2 Å². The number of carbonyl (C=O) groups excluding carboxylic acids is 1. The van der Waals surface area contributed by atoms with E-state index < -0.39 is 0 Å². The molecule has 0 spiro atoms. The molecule has 4 nitrogen and oxygen atoms in total. The molecule has 1 N–H and O–H groups in total. The lowest BCUT2D eigenvalue weighted by Crippen LogP contribution is -2.20. The number of amides is 1. The van der Waals surface area contributed by atoms with E-state index in [1.165, 1.54) is 23.5 Å². The largest absolute Gasteiger partial charge is 0.483 e. The van der Waals surface area contributed by atoms with Crippen molar-refractivity contribution >= 4 is 32.6 Å². The number of thiazole rings is 1. The second-order valence-corrected chi connectivity index (χ2v) is 7.19. The Morgan fingerprint density at radius 1 is 1.28 bits per heavy atom. The van der Waals surface area contributed by atoms with E-state index in [2.05, 4.69) is 24.1 Å². The van der Waals surface area contributed by atoms with Crippen molar-refractivity contribution in [2.24, 2.45) is 0 Å². The van der Waals surface area contributed by atoms with E-state index in [9.17, 15) is 9.18 Å². The number of nitrogens with one attached hydrogen (secondary N) is 1. The molecule has 0 saturated carbocycles. The lowest BCUT2D eigenvalue weighted by Gasteiger charge is -2.14. The van der Waals surface area contributed by atoms with Crippen molar-refractivity contribution in [3.63, 3.8) is 0 Å². The third kappa shape index (κ3) is 4.14. The number of rotatable bonds is 5. The zero-order valence-electron chi connectivity index (χ0n) is 14.3. The summed E-state index contributed by atoms with van der Waals surface area (Å²) in [5.74, 6) is 0.406. The van der Waals surface area contributed by atoms with Crippen LogP contribution in [-0.2, 0) is 4.79 Å². The number of anilines is 1. The SMILES string of the molecule is Cc1ccc(C(C)C)c(OCC(=O)Nc2nc3ccc(F)cc3s2)c1. The van der Waals surface area contributed by atoms with Crippen molar-refractivity contribution < 1.29 is 13.9 Å². The Labute approximate surface area is 149 Å². The number of benzene rings is 2. The van der Waals surface area contributed by atoms with Gasteiger partial charge in [0.2, 0.25) is 0 Å². The average molecular weight is 358 g/mol. The standard InChI is InChI=1S/C19H19FN2O2S/c1-11(2)14-6-4-12(3)8-16(14)24-10-18(23)22-19-21-15-7-5-13(20)9-17(15)25-19/h4-9,11H,10H2,1-3H3,(H,21,22,23). The van der Waals surface area contributed by atoms with Crippen LogP contribution >= 0.6 is 11.3 Å². The first-order valence-corrected chi connectivity index (χ1v) is 8.83. The van der Waals surface area contributed by atoms with Crippen molar-refractivity contribution in [2.75, 3.05) is 11.9 Å². The number of hydrogen-bond donors (Lipinski definition) is 1. The maximum absolute atomic E-state index is 13.2. The van der Waals surface area contributed by atoms with Crippen LogP contribution in [-0.4, -0.2) is 17.5 Å². The van der Waals surface area contributed by atoms with E-state index in [4.69, 9.17) is 4.74 Å². The molecule has 1 amide bonds. The molecule has 0 bridgehead atoms. The maximum atomic E-state index is 13.2. The van der Waals surface area contributed by atoms with Crippen LogP contribution in [0.4, 0.5) is 9.52 Å². The van der Waals surface area contributed by atoms with Crippen molar-refractivity contribution in [3.8, 4) is 5.75 Å². The Morgan fingerprint density at radius 2 is 2.08 bits per heavy atom. The number of halogens is 1. The Morgan fingerprint density at radius 3 is 2.84 bits per heavy atom. The van der Waals surface area contributed by atoms with Gasteiger partial charge in [0.1, 0.15) is 11.6 Å². The molecule has 0 aliphatic heterocycles. The van der Waals surface area contributed by atoms with Gasteiger partial charge in [0, 0.05) is 0 Å². The van der Waals surface area contributed by atoms with Crippen molar-refractivity contribution in [2.45, 2.75) is 26.7 Å². The van der Waals surface area contributed by atoms with Crippen molar-refractivity contribution in [3.05, 3.63) is 53.3 Å². The summed E-state index contributed by atoms with van der Waals surface area (Å²) >= 11 is 1.23. The molecule has 0 unspecified atom stereocenters. The Kier molecular flexibility index (Phi) is 4.99. The number of hydrogen-bond acceptors (Lipinski definition) is 4. The summed E-state index contributed by atoms with van der Waals surface area (Å²) in [6.07, 6.45) is 0. The first kappa shape index (κ1) is 17.4. The Bertz CT molecular complexity index is 921. The molecule has 0 atom stereocenters. The second-order valence-electron chi connectivity index (χ2n) is 6.16. The zero-order chi connectivity index (χ0) is 18.0. The summed E-state index contributed by atoms with van der Waals surface area (Å²) in [4.78, 5) is 16.4. The molecular formula is C19H19FN2O2S. The number of aryl methyl sites for hydroxylation is 1. The topological polar surface area (TPSA) is 51.2 Å².